The summed E-state index contributed by atoms with van der Waals surface area (Å²) < 4.78 is 22.3. The molecule has 0 amide bonds. The van der Waals surface area contributed by atoms with E-state index in [1.807, 2.05) is 42.5 Å². The third-order valence-corrected chi connectivity index (χ3v) is 6.10. The summed E-state index contributed by atoms with van der Waals surface area (Å²) in [4.78, 5) is 0. The average Bonchev–Trinajstić information content (AvgIpc) is 2.91. The molecule has 186 valence electrons. The Balaban J connectivity index is 1.46. The number of hydrogen-bond donors (Lipinski definition) is 1. The van der Waals surface area contributed by atoms with Gasteiger partial charge < -0.3 is 24.1 Å². The Bertz CT molecular complexity index is 1280. The Hall–Kier alpha value is -4.12. The molecule has 1 N–H and O–H groups in total. The highest BCUT2D eigenvalue weighted by atomic mass is 16.5. The number of methoxy groups -OCH3 is 3. The van der Waals surface area contributed by atoms with Crippen LogP contribution in [0.2, 0.25) is 0 Å². The van der Waals surface area contributed by atoms with Crippen molar-refractivity contribution in [2.45, 2.75) is 25.7 Å². The molecule has 0 saturated carbocycles. The molecule has 5 heteroatoms. The van der Waals surface area contributed by atoms with E-state index in [0.29, 0.717) is 17.2 Å². The van der Waals surface area contributed by atoms with Crippen LogP contribution < -0.4 is 18.9 Å². The summed E-state index contributed by atoms with van der Waals surface area (Å²) in [5.41, 5.74) is 4.54. The quantitative estimate of drug-likeness (QED) is 0.254. The number of rotatable bonds is 11. The average molecular weight is 485 g/mol. The first kappa shape index (κ1) is 25.0. The van der Waals surface area contributed by atoms with Crippen LogP contribution in [0.5, 0.6) is 34.5 Å². The molecule has 0 unspecified atom stereocenters. The minimum absolute atomic E-state index is 0.172. The molecule has 5 nitrogen and oxygen atoms in total. The molecule has 0 aliphatic carbocycles. The van der Waals surface area contributed by atoms with Crippen LogP contribution in [0.3, 0.4) is 0 Å². The SMILES string of the molecule is COc1ccc(CCc2cc(O)cc(Oc3cc(CCc4cccc(OC)c4)ccc3OC)c2)cc1. The normalized spacial score (nSPS) is 10.6. The predicted octanol–water partition coefficient (Wildman–Crippen LogP) is 6.78. The molecule has 0 aliphatic heterocycles. The Kier molecular flexibility index (Phi) is 8.35. The lowest BCUT2D eigenvalue weighted by molar-refractivity contribution is 0.377. The molecule has 0 aromatic heterocycles. The zero-order valence-electron chi connectivity index (χ0n) is 21.0. The Morgan fingerprint density at radius 2 is 1.14 bits per heavy atom. The van der Waals surface area contributed by atoms with Crippen molar-refractivity contribution in [3.8, 4) is 34.5 Å². The van der Waals surface area contributed by atoms with Gasteiger partial charge in [-0.05, 0) is 96.5 Å². The topological polar surface area (TPSA) is 57.2 Å². The summed E-state index contributed by atoms with van der Waals surface area (Å²) in [7, 11) is 4.97. The van der Waals surface area contributed by atoms with Crippen molar-refractivity contribution < 1.29 is 24.1 Å². The van der Waals surface area contributed by atoms with E-state index < -0.39 is 0 Å². The van der Waals surface area contributed by atoms with Gasteiger partial charge in [-0.2, -0.15) is 0 Å². The third-order valence-electron chi connectivity index (χ3n) is 6.10. The number of aromatic hydroxyl groups is 1. The van der Waals surface area contributed by atoms with E-state index >= 15 is 0 Å². The minimum Gasteiger partial charge on any atom is -0.508 e. The van der Waals surface area contributed by atoms with Gasteiger partial charge in [0.15, 0.2) is 11.5 Å². The second-order valence-electron chi connectivity index (χ2n) is 8.62. The van der Waals surface area contributed by atoms with Gasteiger partial charge in [0.05, 0.1) is 21.3 Å². The summed E-state index contributed by atoms with van der Waals surface area (Å²) in [5.74, 6) is 3.70. The highest BCUT2D eigenvalue weighted by molar-refractivity contribution is 5.48. The van der Waals surface area contributed by atoms with Gasteiger partial charge in [-0.1, -0.05) is 30.3 Å². The molecule has 0 atom stereocenters. The molecule has 4 rings (SSSR count). The lowest BCUT2D eigenvalue weighted by atomic mass is 10.0. The fraction of sp³-hybridized carbons (Fsp3) is 0.226. The first-order chi connectivity index (χ1) is 17.6. The highest BCUT2D eigenvalue weighted by Gasteiger charge is 2.10. The minimum atomic E-state index is 0.172. The zero-order chi connectivity index (χ0) is 25.3. The van der Waals surface area contributed by atoms with E-state index in [9.17, 15) is 5.11 Å². The van der Waals surface area contributed by atoms with Crippen molar-refractivity contribution >= 4 is 0 Å². The van der Waals surface area contributed by atoms with Crippen LogP contribution in [0.25, 0.3) is 0 Å². The van der Waals surface area contributed by atoms with Gasteiger partial charge in [-0.15, -0.1) is 0 Å². The fourth-order valence-electron chi connectivity index (χ4n) is 4.13. The molecule has 0 fully saturated rings. The summed E-state index contributed by atoms with van der Waals surface area (Å²) in [6.45, 7) is 0. The Labute approximate surface area is 212 Å². The van der Waals surface area contributed by atoms with Gasteiger partial charge in [0.1, 0.15) is 23.0 Å². The lowest BCUT2D eigenvalue weighted by Crippen LogP contribution is -1.96. The zero-order valence-corrected chi connectivity index (χ0v) is 21.0. The fourth-order valence-corrected chi connectivity index (χ4v) is 4.13. The maximum absolute atomic E-state index is 10.3. The maximum Gasteiger partial charge on any atom is 0.169 e. The van der Waals surface area contributed by atoms with Crippen LogP contribution in [0, 0.1) is 0 Å². The van der Waals surface area contributed by atoms with Crippen LogP contribution >= 0.6 is 0 Å². The van der Waals surface area contributed by atoms with E-state index in [-0.39, 0.29) is 5.75 Å². The van der Waals surface area contributed by atoms with Crippen molar-refractivity contribution in [2.24, 2.45) is 0 Å². The van der Waals surface area contributed by atoms with E-state index in [1.54, 1.807) is 33.5 Å². The molecule has 0 spiro atoms. The molecule has 36 heavy (non-hydrogen) atoms. The number of ether oxygens (including phenoxy) is 4. The number of benzene rings is 4. The predicted molar refractivity (Wildman–Crippen MR) is 142 cm³/mol. The number of phenolic OH excluding ortho intramolecular Hbond substituents is 1. The van der Waals surface area contributed by atoms with Crippen molar-refractivity contribution in [3.05, 3.63) is 107 Å². The van der Waals surface area contributed by atoms with Gasteiger partial charge in [0.2, 0.25) is 0 Å². The molecule has 0 radical (unpaired) electrons. The van der Waals surface area contributed by atoms with Crippen LogP contribution in [0.1, 0.15) is 22.3 Å². The molecule has 0 heterocycles. The highest BCUT2D eigenvalue weighted by Crippen LogP contribution is 2.35. The molecular weight excluding hydrogens is 452 g/mol. The second-order valence-corrected chi connectivity index (χ2v) is 8.62. The van der Waals surface area contributed by atoms with Gasteiger partial charge in [-0.25, -0.2) is 0 Å². The van der Waals surface area contributed by atoms with Gasteiger partial charge in [0, 0.05) is 6.07 Å². The van der Waals surface area contributed by atoms with Crippen molar-refractivity contribution in [1.82, 2.24) is 0 Å². The van der Waals surface area contributed by atoms with Crippen LogP contribution in [-0.2, 0) is 25.7 Å². The number of hydrogen-bond acceptors (Lipinski definition) is 5. The van der Waals surface area contributed by atoms with Crippen molar-refractivity contribution in [2.75, 3.05) is 21.3 Å². The van der Waals surface area contributed by atoms with Gasteiger partial charge in [-0.3, -0.25) is 0 Å². The molecular formula is C31H32O5. The first-order valence-corrected chi connectivity index (χ1v) is 12.0. The van der Waals surface area contributed by atoms with E-state index in [0.717, 1.165) is 48.3 Å². The molecule has 0 bridgehead atoms. The molecule has 0 aliphatic rings. The second kappa shape index (κ2) is 12.0. The van der Waals surface area contributed by atoms with Crippen LogP contribution in [0.15, 0.2) is 84.9 Å². The number of phenols is 1. The summed E-state index contributed by atoms with van der Waals surface area (Å²) >= 11 is 0. The van der Waals surface area contributed by atoms with Gasteiger partial charge in [0.25, 0.3) is 0 Å². The van der Waals surface area contributed by atoms with E-state index in [4.69, 9.17) is 18.9 Å². The summed E-state index contributed by atoms with van der Waals surface area (Å²) in [6.07, 6.45) is 3.34. The first-order valence-electron chi connectivity index (χ1n) is 12.0. The Morgan fingerprint density at radius 3 is 1.86 bits per heavy atom. The van der Waals surface area contributed by atoms with Crippen molar-refractivity contribution in [1.29, 1.82) is 0 Å². The maximum atomic E-state index is 10.3. The van der Waals surface area contributed by atoms with E-state index in [2.05, 4.69) is 30.3 Å². The molecule has 4 aromatic rings. The summed E-state index contributed by atoms with van der Waals surface area (Å²) in [5, 5.41) is 10.3. The smallest absolute Gasteiger partial charge is 0.169 e. The standard InChI is InChI=1S/C31H32O5/c1-33-27-14-11-22(12-15-27)7-10-25-17-26(32)21-29(19-25)36-31-20-24(13-16-30(31)35-3)9-8-23-5-4-6-28(18-23)34-2/h4-6,11-21,32H,7-10H2,1-3H3. The molecule has 0 saturated heterocycles. The van der Waals surface area contributed by atoms with Crippen LogP contribution in [-0.4, -0.2) is 26.4 Å². The Morgan fingerprint density at radius 1 is 0.500 bits per heavy atom. The largest absolute Gasteiger partial charge is 0.508 e. The van der Waals surface area contributed by atoms with E-state index in [1.165, 1.54) is 11.1 Å². The summed E-state index contributed by atoms with van der Waals surface area (Å²) in [6, 6.07) is 27.5. The third kappa shape index (κ3) is 6.72. The lowest BCUT2D eigenvalue weighted by Gasteiger charge is -2.14. The molecule has 4 aromatic carbocycles. The monoisotopic (exact) mass is 484 g/mol. The van der Waals surface area contributed by atoms with Gasteiger partial charge >= 0.3 is 0 Å². The van der Waals surface area contributed by atoms with Crippen molar-refractivity contribution in [3.63, 3.8) is 0 Å². The number of aryl methyl sites for hydroxylation is 4. The van der Waals surface area contributed by atoms with Crippen LogP contribution in [0.4, 0.5) is 0 Å².